The Morgan fingerprint density at radius 2 is 1.97 bits per heavy atom. The Morgan fingerprint density at radius 1 is 1.18 bits per heavy atom. The van der Waals surface area contributed by atoms with Crippen LogP contribution in [-0.2, 0) is 4.79 Å². The summed E-state index contributed by atoms with van der Waals surface area (Å²) < 4.78 is 3.29. The van der Waals surface area contributed by atoms with Gasteiger partial charge < -0.3 is 9.88 Å². The summed E-state index contributed by atoms with van der Waals surface area (Å²) in [5.41, 5.74) is 7.47. The second-order valence-electron chi connectivity index (χ2n) is 12.5. The SMILES string of the molecule is Cc1cc(-c2[nH]c3cc(C4CCC5(CC4)CN(C(=O)[C@H]4CCCN4C)C5)sc3c2C(C)C)cn2ncnc12. The van der Waals surface area contributed by atoms with Gasteiger partial charge in [0, 0.05) is 35.1 Å². The van der Waals surface area contributed by atoms with Crippen LogP contribution in [0.3, 0.4) is 0 Å². The summed E-state index contributed by atoms with van der Waals surface area (Å²) in [6, 6.07) is 4.77. The van der Waals surface area contributed by atoms with Crippen molar-refractivity contribution in [3.8, 4) is 11.3 Å². The van der Waals surface area contributed by atoms with Gasteiger partial charge >= 0.3 is 0 Å². The summed E-state index contributed by atoms with van der Waals surface area (Å²) in [7, 11) is 2.10. The predicted octanol–water partition coefficient (Wildman–Crippen LogP) is 5.95. The van der Waals surface area contributed by atoms with Crippen molar-refractivity contribution in [3.63, 3.8) is 0 Å². The number of fused-ring (bicyclic) bond motifs is 2. The van der Waals surface area contributed by atoms with E-state index < -0.39 is 0 Å². The molecule has 38 heavy (non-hydrogen) atoms. The summed E-state index contributed by atoms with van der Waals surface area (Å²) in [6.07, 6.45) is 10.9. The molecule has 2 aliphatic heterocycles. The maximum absolute atomic E-state index is 13.0. The van der Waals surface area contributed by atoms with E-state index in [1.807, 2.05) is 15.9 Å². The molecule has 0 bridgehead atoms. The second kappa shape index (κ2) is 8.91. The first kappa shape index (κ1) is 24.3. The van der Waals surface area contributed by atoms with Gasteiger partial charge in [-0.05, 0) is 94.1 Å². The van der Waals surface area contributed by atoms with Gasteiger partial charge in [-0.15, -0.1) is 11.3 Å². The number of hydrogen-bond donors (Lipinski definition) is 1. The van der Waals surface area contributed by atoms with Crippen molar-refractivity contribution in [2.45, 2.75) is 77.2 Å². The summed E-state index contributed by atoms with van der Waals surface area (Å²) >= 11 is 2.00. The molecule has 4 aromatic heterocycles. The van der Waals surface area contributed by atoms with Crippen molar-refractivity contribution in [3.05, 3.63) is 40.7 Å². The van der Waals surface area contributed by atoms with Crippen LogP contribution in [-0.4, -0.2) is 68.0 Å². The number of carbonyl (C=O) groups excluding carboxylic acids is 1. The zero-order valence-corrected chi connectivity index (χ0v) is 23.8. The highest BCUT2D eigenvalue weighted by Gasteiger charge is 2.49. The van der Waals surface area contributed by atoms with Crippen LogP contribution in [0.2, 0.25) is 0 Å². The van der Waals surface area contributed by atoms with Gasteiger partial charge in [-0.2, -0.15) is 5.10 Å². The van der Waals surface area contributed by atoms with Crippen LogP contribution >= 0.6 is 11.3 Å². The summed E-state index contributed by atoms with van der Waals surface area (Å²) in [5, 5.41) is 4.39. The number of likely N-dealkylation sites (tertiary alicyclic amines) is 2. The van der Waals surface area contributed by atoms with Gasteiger partial charge in [0.1, 0.15) is 6.33 Å². The molecule has 1 aliphatic carbocycles. The molecule has 7 rings (SSSR count). The van der Waals surface area contributed by atoms with Crippen molar-refractivity contribution < 1.29 is 4.79 Å². The number of hydrogen-bond acceptors (Lipinski definition) is 5. The van der Waals surface area contributed by atoms with E-state index in [4.69, 9.17) is 0 Å². The molecule has 2 saturated heterocycles. The van der Waals surface area contributed by atoms with Gasteiger partial charge in [0.15, 0.2) is 5.65 Å². The van der Waals surface area contributed by atoms with Gasteiger partial charge in [-0.25, -0.2) is 9.50 Å². The monoisotopic (exact) mass is 530 g/mol. The number of aromatic nitrogens is 4. The third-order valence-electron chi connectivity index (χ3n) is 9.57. The van der Waals surface area contributed by atoms with E-state index in [0.717, 1.165) is 43.7 Å². The van der Waals surface area contributed by atoms with Crippen LogP contribution in [0.25, 0.3) is 27.1 Å². The molecule has 3 aliphatic rings. The number of pyridine rings is 1. The molecule has 0 aromatic carbocycles. The number of thiophene rings is 1. The Bertz CT molecular complexity index is 1510. The van der Waals surface area contributed by atoms with Crippen LogP contribution in [0, 0.1) is 12.3 Å². The lowest BCUT2D eigenvalue weighted by Gasteiger charge is -2.54. The molecular weight excluding hydrogens is 492 g/mol. The maximum Gasteiger partial charge on any atom is 0.239 e. The highest BCUT2D eigenvalue weighted by Crippen LogP contribution is 2.51. The first-order valence-corrected chi connectivity index (χ1v) is 15.1. The van der Waals surface area contributed by atoms with Crippen molar-refractivity contribution in [2.75, 3.05) is 26.7 Å². The fourth-order valence-electron chi connectivity index (χ4n) is 7.41. The molecule has 1 spiro atoms. The van der Waals surface area contributed by atoms with E-state index in [1.165, 1.54) is 57.6 Å². The Kier molecular flexibility index (Phi) is 5.71. The van der Waals surface area contributed by atoms with Gasteiger partial charge in [0.2, 0.25) is 5.91 Å². The molecule has 1 saturated carbocycles. The molecule has 3 fully saturated rings. The average molecular weight is 531 g/mol. The molecule has 7 nitrogen and oxygen atoms in total. The second-order valence-corrected chi connectivity index (χ2v) is 13.6. The fraction of sp³-hybridized carbons (Fsp3) is 0.567. The molecule has 4 aromatic rings. The Labute approximate surface area is 228 Å². The number of amides is 1. The van der Waals surface area contributed by atoms with Gasteiger partial charge in [-0.3, -0.25) is 9.69 Å². The lowest BCUT2D eigenvalue weighted by atomic mass is 9.65. The molecular formula is C30H38N6OS. The number of nitrogens with zero attached hydrogens (tertiary/aromatic N) is 5. The van der Waals surface area contributed by atoms with E-state index in [9.17, 15) is 4.79 Å². The Hall–Kier alpha value is -2.71. The van der Waals surface area contributed by atoms with Crippen LogP contribution in [0.5, 0.6) is 0 Å². The molecule has 8 heteroatoms. The van der Waals surface area contributed by atoms with E-state index in [0.29, 0.717) is 23.2 Å². The lowest BCUT2D eigenvalue weighted by Crippen LogP contribution is -2.62. The number of rotatable bonds is 4. The van der Waals surface area contributed by atoms with E-state index in [2.05, 4.69) is 71.0 Å². The quantitative estimate of drug-likeness (QED) is 0.354. The van der Waals surface area contributed by atoms with Crippen LogP contribution in [0.4, 0.5) is 0 Å². The molecule has 6 heterocycles. The minimum Gasteiger partial charge on any atom is -0.354 e. The van der Waals surface area contributed by atoms with Crippen LogP contribution in [0.1, 0.15) is 80.2 Å². The smallest absolute Gasteiger partial charge is 0.239 e. The van der Waals surface area contributed by atoms with Gasteiger partial charge in [0.25, 0.3) is 0 Å². The fourth-order valence-corrected chi connectivity index (χ4v) is 8.89. The highest BCUT2D eigenvalue weighted by molar-refractivity contribution is 7.19. The van der Waals surface area contributed by atoms with Crippen molar-refractivity contribution >= 4 is 33.1 Å². The third kappa shape index (κ3) is 3.82. The highest BCUT2D eigenvalue weighted by atomic mass is 32.1. The van der Waals surface area contributed by atoms with E-state index >= 15 is 0 Å². The van der Waals surface area contributed by atoms with E-state index in [-0.39, 0.29) is 6.04 Å². The lowest BCUT2D eigenvalue weighted by molar-refractivity contribution is -0.150. The number of aryl methyl sites for hydroxylation is 1. The molecule has 0 radical (unpaired) electrons. The normalized spacial score (nSPS) is 22.3. The van der Waals surface area contributed by atoms with Crippen molar-refractivity contribution in [1.82, 2.24) is 29.4 Å². The average Bonchev–Trinajstić information content (AvgIpc) is 3.65. The van der Waals surface area contributed by atoms with Gasteiger partial charge in [0.05, 0.1) is 22.0 Å². The number of nitrogens with one attached hydrogen (secondary N) is 1. The third-order valence-corrected chi connectivity index (χ3v) is 10.9. The topological polar surface area (TPSA) is 69.5 Å². The molecule has 1 atom stereocenters. The largest absolute Gasteiger partial charge is 0.354 e. The first-order valence-electron chi connectivity index (χ1n) is 14.3. The van der Waals surface area contributed by atoms with Crippen molar-refractivity contribution in [2.24, 2.45) is 5.41 Å². The summed E-state index contributed by atoms with van der Waals surface area (Å²) in [6.45, 7) is 9.71. The van der Waals surface area contributed by atoms with Crippen molar-refractivity contribution in [1.29, 1.82) is 0 Å². The number of aromatic amines is 1. The molecule has 1 amide bonds. The number of H-pyrrole nitrogens is 1. The predicted molar refractivity (Wildman–Crippen MR) is 153 cm³/mol. The Morgan fingerprint density at radius 3 is 2.68 bits per heavy atom. The minimum absolute atomic E-state index is 0.125. The maximum atomic E-state index is 13.0. The van der Waals surface area contributed by atoms with Crippen LogP contribution in [0.15, 0.2) is 24.7 Å². The van der Waals surface area contributed by atoms with Gasteiger partial charge in [-0.1, -0.05) is 13.8 Å². The summed E-state index contributed by atoms with van der Waals surface area (Å²) in [4.78, 5) is 27.1. The minimum atomic E-state index is 0.125. The summed E-state index contributed by atoms with van der Waals surface area (Å²) in [5.74, 6) is 1.43. The Balaban J connectivity index is 1.08. The molecule has 0 unspecified atom stereocenters. The van der Waals surface area contributed by atoms with Crippen LogP contribution < -0.4 is 0 Å². The number of likely N-dealkylation sites (N-methyl/N-ethyl adjacent to an activating group) is 1. The zero-order chi connectivity index (χ0) is 26.2. The standard InChI is InChI=1S/C30H38N6OS/c1-18(2)25-26(21-12-19(3)28-31-17-32-36(28)14-21)33-22-13-24(38-27(22)25)20-7-9-30(10-8-20)15-35(16-30)29(37)23-6-5-11-34(23)4/h12-14,17-18,20,23,33H,5-11,15-16H2,1-4H3/t23-/m1/s1. The number of carbonyl (C=O) groups is 1. The zero-order valence-electron chi connectivity index (χ0n) is 23.0. The van der Waals surface area contributed by atoms with E-state index in [1.54, 1.807) is 6.33 Å². The molecule has 1 N–H and O–H groups in total. The molecule has 200 valence electrons. The first-order chi connectivity index (χ1) is 18.3.